The maximum atomic E-state index is 6.40. The topological polar surface area (TPSA) is 22.1 Å². The fourth-order valence-electron chi connectivity index (χ4n) is 3.82. The van der Waals surface area contributed by atoms with Gasteiger partial charge in [0.25, 0.3) is 0 Å². The van der Waals surface area contributed by atoms with Crippen LogP contribution in [-0.4, -0.2) is 4.98 Å². The Bertz CT molecular complexity index is 1160. The van der Waals surface area contributed by atoms with Crippen molar-refractivity contribution in [2.75, 3.05) is 0 Å². The standard InChI is InChI=1S/C25H19NO/c1-16-11-13-21(26-15-16)24-17(2)12-14-23-25(24)20-9-4-3-7-18(20)19-8-5-6-10-22(19)27-23/h3-15H,1-2H3. The largest absolute Gasteiger partial charge is 0.456 e. The van der Waals surface area contributed by atoms with E-state index in [4.69, 9.17) is 9.72 Å². The van der Waals surface area contributed by atoms with Gasteiger partial charge in [0, 0.05) is 22.9 Å². The Morgan fingerprint density at radius 2 is 1.37 bits per heavy atom. The molecular formula is C25H19NO. The zero-order chi connectivity index (χ0) is 18.4. The van der Waals surface area contributed by atoms with Crippen molar-refractivity contribution in [1.29, 1.82) is 0 Å². The second-order valence-electron chi connectivity index (χ2n) is 7.00. The Labute approximate surface area is 159 Å². The first kappa shape index (κ1) is 15.8. The molecule has 0 aliphatic carbocycles. The fraction of sp³-hybridized carbons (Fsp3) is 0.0800. The maximum Gasteiger partial charge on any atom is 0.136 e. The molecule has 1 aliphatic rings. The number of aryl methyl sites for hydroxylation is 2. The molecule has 3 aromatic carbocycles. The zero-order valence-electron chi connectivity index (χ0n) is 15.4. The minimum absolute atomic E-state index is 0.871. The number of pyridine rings is 1. The Morgan fingerprint density at radius 1 is 0.630 bits per heavy atom. The van der Waals surface area contributed by atoms with Crippen LogP contribution in [0.4, 0.5) is 0 Å². The lowest BCUT2D eigenvalue weighted by molar-refractivity contribution is 0.488. The molecule has 130 valence electrons. The lowest BCUT2D eigenvalue weighted by atomic mass is 9.88. The molecule has 4 aromatic rings. The highest BCUT2D eigenvalue weighted by Crippen LogP contribution is 2.50. The van der Waals surface area contributed by atoms with Gasteiger partial charge in [-0.3, -0.25) is 4.98 Å². The quantitative estimate of drug-likeness (QED) is 0.332. The first-order chi connectivity index (χ1) is 13.2. The van der Waals surface area contributed by atoms with Crippen molar-refractivity contribution in [2.45, 2.75) is 13.8 Å². The highest BCUT2D eigenvalue weighted by Gasteiger charge is 2.24. The number of aromatic nitrogens is 1. The second kappa shape index (κ2) is 6.10. The van der Waals surface area contributed by atoms with Gasteiger partial charge in [0.1, 0.15) is 11.5 Å². The van der Waals surface area contributed by atoms with Crippen LogP contribution < -0.4 is 4.74 Å². The van der Waals surface area contributed by atoms with E-state index in [2.05, 4.69) is 74.5 Å². The van der Waals surface area contributed by atoms with Gasteiger partial charge in [-0.2, -0.15) is 0 Å². The van der Waals surface area contributed by atoms with Crippen molar-refractivity contribution in [2.24, 2.45) is 0 Å². The molecule has 2 heteroatoms. The summed E-state index contributed by atoms with van der Waals surface area (Å²) in [6, 6.07) is 25.1. The van der Waals surface area contributed by atoms with E-state index in [0.717, 1.165) is 39.4 Å². The van der Waals surface area contributed by atoms with Gasteiger partial charge in [-0.25, -0.2) is 0 Å². The molecule has 0 unspecified atom stereocenters. The first-order valence-electron chi connectivity index (χ1n) is 9.15. The number of rotatable bonds is 1. The molecule has 0 spiro atoms. The summed E-state index contributed by atoms with van der Waals surface area (Å²) < 4.78 is 6.40. The minimum Gasteiger partial charge on any atom is -0.456 e. The first-order valence-corrected chi connectivity index (χ1v) is 9.15. The summed E-state index contributed by atoms with van der Waals surface area (Å²) in [5.74, 6) is 1.76. The predicted octanol–water partition coefficient (Wildman–Crippen LogP) is 6.81. The smallest absolute Gasteiger partial charge is 0.136 e. The number of hydrogen-bond donors (Lipinski definition) is 0. The van der Waals surface area contributed by atoms with Crippen LogP contribution in [0.1, 0.15) is 11.1 Å². The second-order valence-corrected chi connectivity index (χ2v) is 7.00. The van der Waals surface area contributed by atoms with E-state index in [1.165, 1.54) is 16.7 Å². The third-order valence-electron chi connectivity index (χ3n) is 5.14. The molecule has 0 saturated heterocycles. The van der Waals surface area contributed by atoms with Gasteiger partial charge < -0.3 is 4.74 Å². The van der Waals surface area contributed by atoms with Crippen LogP contribution in [0.15, 0.2) is 79.0 Å². The van der Waals surface area contributed by atoms with Gasteiger partial charge in [0.05, 0.1) is 5.69 Å². The van der Waals surface area contributed by atoms with Crippen molar-refractivity contribution in [3.8, 4) is 45.0 Å². The summed E-state index contributed by atoms with van der Waals surface area (Å²) >= 11 is 0. The van der Waals surface area contributed by atoms with E-state index in [-0.39, 0.29) is 0 Å². The lowest BCUT2D eigenvalue weighted by Crippen LogP contribution is -1.95. The zero-order valence-corrected chi connectivity index (χ0v) is 15.4. The number of benzene rings is 3. The molecule has 0 fully saturated rings. The van der Waals surface area contributed by atoms with Gasteiger partial charge in [0.15, 0.2) is 0 Å². The molecule has 0 amide bonds. The van der Waals surface area contributed by atoms with Crippen molar-refractivity contribution in [3.63, 3.8) is 0 Å². The monoisotopic (exact) mass is 349 g/mol. The van der Waals surface area contributed by atoms with E-state index in [0.29, 0.717) is 0 Å². The number of fused-ring (bicyclic) bond motifs is 5. The molecule has 0 radical (unpaired) electrons. The van der Waals surface area contributed by atoms with Crippen molar-refractivity contribution in [1.82, 2.24) is 4.98 Å². The van der Waals surface area contributed by atoms with Crippen LogP contribution >= 0.6 is 0 Å². The SMILES string of the molecule is Cc1ccc(-c2c(C)ccc3c2-c2ccccc2-c2ccccc2O3)nc1. The summed E-state index contributed by atoms with van der Waals surface area (Å²) in [6.45, 7) is 4.20. The van der Waals surface area contributed by atoms with E-state index in [1.807, 2.05) is 18.3 Å². The van der Waals surface area contributed by atoms with Crippen LogP contribution in [0.5, 0.6) is 11.5 Å². The summed E-state index contributed by atoms with van der Waals surface area (Å²) in [4.78, 5) is 4.71. The fourth-order valence-corrected chi connectivity index (χ4v) is 3.82. The molecule has 2 nitrogen and oxygen atoms in total. The molecule has 0 N–H and O–H groups in total. The molecule has 1 aromatic heterocycles. The van der Waals surface area contributed by atoms with E-state index < -0.39 is 0 Å². The summed E-state index contributed by atoms with van der Waals surface area (Å²) in [7, 11) is 0. The van der Waals surface area contributed by atoms with Gasteiger partial charge in [-0.05, 0) is 54.3 Å². The third-order valence-corrected chi connectivity index (χ3v) is 5.14. The number of hydrogen-bond acceptors (Lipinski definition) is 2. The molecule has 2 heterocycles. The average molecular weight is 349 g/mol. The Morgan fingerprint density at radius 3 is 2.15 bits per heavy atom. The number of para-hydroxylation sites is 1. The Hall–Kier alpha value is -3.39. The van der Waals surface area contributed by atoms with Crippen LogP contribution in [0.25, 0.3) is 33.5 Å². The van der Waals surface area contributed by atoms with E-state index >= 15 is 0 Å². The predicted molar refractivity (Wildman–Crippen MR) is 110 cm³/mol. The van der Waals surface area contributed by atoms with Gasteiger partial charge in [-0.15, -0.1) is 0 Å². The van der Waals surface area contributed by atoms with Gasteiger partial charge in [0.2, 0.25) is 0 Å². The van der Waals surface area contributed by atoms with Crippen molar-refractivity contribution >= 4 is 0 Å². The molecule has 27 heavy (non-hydrogen) atoms. The third kappa shape index (κ3) is 2.53. The van der Waals surface area contributed by atoms with Crippen LogP contribution in [0, 0.1) is 13.8 Å². The summed E-state index contributed by atoms with van der Waals surface area (Å²) in [6.07, 6.45) is 1.92. The lowest BCUT2D eigenvalue weighted by Gasteiger charge is -2.16. The normalized spacial score (nSPS) is 11.6. The van der Waals surface area contributed by atoms with Crippen molar-refractivity contribution < 1.29 is 4.74 Å². The Kier molecular flexibility index (Phi) is 3.58. The molecular weight excluding hydrogens is 330 g/mol. The highest BCUT2D eigenvalue weighted by atomic mass is 16.5. The van der Waals surface area contributed by atoms with Crippen LogP contribution in [0.3, 0.4) is 0 Å². The van der Waals surface area contributed by atoms with E-state index in [9.17, 15) is 0 Å². The van der Waals surface area contributed by atoms with Crippen LogP contribution in [-0.2, 0) is 0 Å². The number of ether oxygens (including phenoxy) is 1. The van der Waals surface area contributed by atoms with E-state index in [1.54, 1.807) is 0 Å². The molecule has 1 aliphatic heterocycles. The van der Waals surface area contributed by atoms with Crippen molar-refractivity contribution in [3.05, 3.63) is 90.1 Å². The van der Waals surface area contributed by atoms with Gasteiger partial charge >= 0.3 is 0 Å². The maximum absolute atomic E-state index is 6.40. The molecule has 5 rings (SSSR count). The van der Waals surface area contributed by atoms with Crippen LogP contribution in [0.2, 0.25) is 0 Å². The summed E-state index contributed by atoms with van der Waals surface area (Å²) in [5, 5.41) is 0. The minimum atomic E-state index is 0.871. The average Bonchev–Trinajstić information content (AvgIpc) is 2.84. The Balaban J connectivity index is 1.88. The summed E-state index contributed by atoms with van der Waals surface area (Å²) in [5.41, 5.74) is 9.04. The molecule has 0 saturated carbocycles. The molecule has 0 atom stereocenters. The number of nitrogens with zero attached hydrogens (tertiary/aromatic N) is 1. The molecule has 0 bridgehead atoms. The van der Waals surface area contributed by atoms with Gasteiger partial charge in [-0.1, -0.05) is 54.6 Å². The highest BCUT2D eigenvalue weighted by molar-refractivity contribution is 5.97.